The average molecular weight is 311 g/mol. The minimum atomic E-state index is -0.671. The van der Waals surface area contributed by atoms with Gasteiger partial charge in [-0.25, -0.2) is 13.8 Å². The molecule has 6 heteroatoms. The Hall–Kier alpha value is -1.88. The Morgan fingerprint density at radius 3 is 2.76 bits per heavy atom. The topological polar surface area (TPSA) is 31.0 Å². The van der Waals surface area contributed by atoms with E-state index in [0.29, 0.717) is 35.9 Å². The standard InChI is InChI=1S/C15H13ClF2N2O/c1-9-2-3-11(21-9)8-20-13-7-10(17)6-12(18)15(13)19-14(20)4-5-16/h2-3,6-7H,4-5,8H2,1H3. The first-order valence-corrected chi connectivity index (χ1v) is 7.07. The van der Waals surface area contributed by atoms with E-state index in [1.807, 2.05) is 19.1 Å². The molecule has 0 aliphatic heterocycles. The van der Waals surface area contributed by atoms with Crippen LogP contribution < -0.4 is 0 Å². The Labute approximate surface area is 125 Å². The molecule has 0 N–H and O–H groups in total. The van der Waals surface area contributed by atoms with Crippen LogP contribution in [0.25, 0.3) is 11.0 Å². The van der Waals surface area contributed by atoms with Crippen molar-refractivity contribution in [2.45, 2.75) is 19.9 Å². The fourth-order valence-corrected chi connectivity index (χ4v) is 2.54. The van der Waals surface area contributed by atoms with E-state index in [9.17, 15) is 8.78 Å². The van der Waals surface area contributed by atoms with Crippen LogP contribution in [-0.2, 0) is 13.0 Å². The van der Waals surface area contributed by atoms with Gasteiger partial charge < -0.3 is 8.98 Å². The summed E-state index contributed by atoms with van der Waals surface area (Å²) in [6.45, 7) is 2.20. The molecule has 2 heterocycles. The van der Waals surface area contributed by atoms with Crippen molar-refractivity contribution in [2.24, 2.45) is 0 Å². The smallest absolute Gasteiger partial charge is 0.153 e. The molecular weight excluding hydrogens is 298 g/mol. The number of halogens is 3. The maximum atomic E-state index is 13.9. The van der Waals surface area contributed by atoms with Crippen molar-refractivity contribution in [3.63, 3.8) is 0 Å². The minimum Gasteiger partial charge on any atom is -0.464 e. The molecule has 0 aliphatic rings. The molecule has 3 nitrogen and oxygen atoms in total. The normalized spacial score (nSPS) is 11.4. The monoisotopic (exact) mass is 310 g/mol. The summed E-state index contributed by atoms with van der Waals surface area (Å²) in [5.74, 6) is 1.14. The van der Waals surface area contributed by atoms with Crippen LogP contribution in [0.15, 0.2) is 28.7 Å². The van der Waals surface area contributed by atoms with E-state index in [1.165, 1.54) is 6.07 Å². The van der Waals surface area contributed by atoms with Crippen molar-refractivity contribution >= 4 is 22.6 Å². The number of rotatable bonds is 4. The molecule has 0 radical (unpaired) electrons. The van der Waals surface area contributed by atoms with E-state index in [4.69, 9.17) is 16.0 Å². The Morgan fingerprint density at radius 2 is 2.10 bits per heavy atom. The van der Waals surface area contributed by atoms with Crippen LogP contribution in [0, 0.1) is 18.6 Å². The van der Waals surface area contributed by atoms with Gasteiger partial charge in [0.15, 0.2) is 5.82 Å². The number of aromatic nitrogens is 2. The van der Waals surface area contributed by atoms with Gasteiger partial charge in [0.2, 0.25) is 0 Å². The van der Waals surface area contributed by atoms with E-state index in [-0.39, 0.29) is 5.52 Å². The lowest BCUT2D eigenvalue weighted by Crippen LogP contribution is -2.05. The molecule has 1 aromatic carbocycles. The minimum absolute atomic E-state index is 0.153. The first-order chi connectivity index (χ1) is 10.1. The first-order valence-electron chi connectivity index (χ1n) is 6.54. The summed E-state index contributed by atoms with van der Waals surface area (Å²) in [5, 5.41) is 0. The van der Waals surface area contributed by atoms with Gasteiger partial charge in [0.05, 0.1) is 12.1 Å². The summed E-state index contributed by atoms with van der Waals surface area (Å²) >= 11 is 5.77. The quantitative estimate of drug-likeness (QED) is 0.681. The molecule has 0 aliphatic carbocycles. The number of furan rings is 1. The summed E-state index contributed by atoms with van der Waals surface area (Å²) < 4.78 is 34.6. The highest BCUT2D eigenvalue weighted by molar-refractivity contribution is 6.17. The first kappa shape index (κ1) is 14.1. The highest BCUT2D eigenvalue weighted by atomic mass is 35.5. The number of alkyl halides is 1. The Kier molecular flexibility index (Phi) is 3.68. The van der Waals surface area contributed by atoms with Gasteiger partial charge >= 0.3 is 0 Å². The molecule has 0 saturated carbocycles. The van der Waals surface area contributed by atoms with E-state index in [0.717, 1.165) is 11.8 Å². The number of benzene rings is 1. The summed E-state index contributed by atoms with van der Waals surface area (Å²) in [4.78, 5) is 4.24. The van der Waals surface area contributed by atoms with Crippen LogP contribution in [-0.4, -0.2) is 15.4 Å². The van der Waals surface area contributed by atoms with Crippen LogP contribution in [0.1, 0.15) is 17.3 Å². The number of hydrogen-bond acceptors (Lipinski definition) is 2. The van der Waals surface area contributed by atoms with Crippen molar-refractivity contribution in [3.05, 3.63) is 53.2 Å². The maximum absolute atomic E-state index is 13.9. The third kappa shape index (κ3) is 2.65. The molecule has 0 unspecified atom stereocenters. The molecule has 110 valence electrons. The van der Waals surface area contributed by atoms with Crippen molar-refractivity contribution in [1.29, 1.82) is 0 Å². The third-order valence-electron chi connectivity index (χ3n) is 3.28. The Morgan fingerprint density at radius 1 is 1.29 bits per heavy atom. The second-order valence-corrected chi connectivity index (χ2v) is 5.20. The zero-order valence-corrected chi connectivity index (χ0v) is 12.1. The number of fused-ring (bicyclic) bond motifs is 1. The fraction of sp³-hybridized carbons (Fsp3) is 0.267. The zero-order valence-electron chi connectivity index (χ0n) is 11.4. The molecule has 0 fully saturated rings. The van der Waals surface area contributed by atoms with Crippen molar-refractivity contribution in [3.8, 4) is 0 Å². The van der Waals surface area contributed by atoms with E-state index >= 15 is 0 Å². The summed E-state index contributed by atoms with van der Waals surface area (Å²) in [6, 6.07) is 5.79. The molecule has 0 amide bonds. The molecule has 0 atom stereocenters. The maximum Gasteiger partial charge on any atom is 0.153 e. The van der Waals surface area contributed by atoms with Gasteiger partial charge in [0, 0.05) is 18.4 Å². The molecular formula is C15H13ClF2N2O. The fourth-order valence-electron chi connectivity index (χ4n) is 2.38. The summed E-state index contributed by atoms with van der Waals surface area (Å²) in [5.41, 5.74) is 0.557. The molecule has 0 saturated heterocycles. The second kappa shape index (κ2) is 5.48. The molecule has 0 bridgehead atoms. The molecule has 21 heavy (non-hydrogen) atoms. The molecule has 2 aromatic heterocycles. The average Bonchev–Trinajstić information content (AvgIpc) is 2.97. The van der Waals surface area contributed by atoms with Gasteiger partial charge in [-0.05, 0) is 25.1 Å². The lowest BCUT2D eigenvalue weighted by Gasteiger charge is -2.06. The van der Waals surface area contributed by atoms with Crippen molar-refractivity contribution in [2.75, 3.05) is 5.88 Å². The van der Waals surface area contributed by atoms with Gasteiger partial charge in [-0.2, -0.15) is 0 Å². The van der Waals surface area contributed by atoms with Crippen molar-refractivity contribution < 1.29 is 13.2 Å². The number of hydrogen-bond donors (Lipinski definition) is 0. The predicted molar refractivity (Wildman–Crippen MR) is 76.6 cm³/mol. The van der Waals surface area contributed by atoms with Crippen LogP contribution in [0.3, 0.4) is 0 Å². The van der Waals surface area contributed by atoms with E-state index < -0.39 is 11.6 Å². The van der Waals surface area contributed by atoms with Crippen molar-refractivity contribution in [1.82, 2.24) is 9.55 Å². The van der Waals surface area contributed by atoms with E-state index in [1.54, 1.807) is 4.57 Å². The van der Waals surface area contributed by atoms with Crippen LogP contribution in [0.4, 0.5) is 8.78 Å². The number of nitrogens with zero attached hydrogens (tertiary/aromatic N) is 2. The third-order valence-corrected chi connectivity index (χ3v) is 3.47. The molecule has 3 rings (SSSR count). The Bertz CT molecular complexity index is 794. The molecule has 3 aromatic rings. The lowest BCUT2D eigenvalue weighted by atomic mass is 10.3. The highest BCUT2D eigenvalue weighted by Gasteiger charge is 2.16. The lowest BCUT2D eigenvalue weighted by molar-refractivity contribution is 0.469. The van der Waals surface area contributed by atoms with E-state index in [2.05, 4.69) is 4.98 Å². The summed E-state index contributed by atoms with van der Waals surface area (Å²) in [6.07, 6.45) is 0.469. The van der Waals surface area contributed by atoms with Gasteiger partial charge in [-0.15, -0.1) is 11.6 Å². The van der Waals surface area contributed by atoms with Crippen LogP contribution in [0.5, 0.6) is 0 Å². The SMILES string of the molecule is Cc1ccc(Cn2c(CCCl)nc3c(F)cc(F)cc32)o1. The van der Waals surface area contributed by atoms with Gasteiger partial charge in [-0.1, -0.05) is 0 Å². The van der Waals surface area contributed by atoms with Crippen LogP contribution >= 0.6 is 11.6 Å². The van der Waals surface area contributed by atoms with Crippen LogP contribution in [0.2, 0.25) is 0 Å². The highest BCUT2D eigenvalue weighted by Crippen LogP contribution is 2.23. The largest absolute Gasteiger partial charge is 0.464 e. The molecule has 0 spiro atoms. The predicted octanol–water partition coefficient (Wildman–Crippen LogP) is 4.05. The Balaban J connectivity index is 2.15. The van der Waals surface area contributed by atoms with Gasteiger partial charge in [0.25, 0.3) is 0 Å². The number of imidazole rings is 1. The summed E-state index contributed by atoms with van der Waals surface area (Å²) in [7, 11) is 0. The number of aryl methyl sites for hydroxylation is 2. The van der Waals surface area contributed by atoms with Gasteiger partial charge in [-0.3, -0.25) is 0 Å². The van der Waals surface area contributed by atoms with Gasteiger partial charge in [0.1, 0.15) is 28.7 Å². The zero-order chi connectivity index (χ0) is 15.0. The second-order valence-electron chi connectivity index (χ2n) is 4.82.